The molecule has 26 heavy (non-hydrogen) atoms. The minimum absolute atomic E-state index is 0.0258. The van der Waals surface area contributed by atoms with Gasteiger partial charge < -0.3 is 0 Å². The summed E-state index contributed by atoms with van der Waals surface area (Å²) in [5, 5.41) is 0.911. The van der Waals surface area contributed by atoms with Crippen LogP contribution in [0.5, 0.6) is 0 Å². The van der Waals surface area contributed by atoms with Crippen molar-refractivity contribution >= 4 is 80.5 Å². The van der Waals surface area contributed by atoms with Crippen LogP contribution in [0.4, 0.5) is 0 Å². The van der Waals surface area contributed by atoms with Crippen LogP contribution in [0.1, 0.15) is 32.3 Å². The summed E-state index contributed by atoms with van der Waals surface area (Å²) in [6.45, 7) is 0. The van der Waals surface area contributed by atoms with Crippen LogP contribution >= 0.6 is 58.0 Å². The number of hydrogen-bond donors (Lipinski definition) is 0. The van der Waals surface area contributed by atoms with Gasteiger partial charge in [0.2, 0.25) is 0 Å². The quantitative estimate of drug-likeness (QED) is 0.239. The molecule has 4 rings (SSSR count). The molecule has 1 aliphatic carbocycles. The fourth-order valence-corrected chi connectivity index (χ4v) is 4.32. The van der Waals surface area contributed by atoms with Gasteiger partial charge in [-0.25, -0.2) is 4.98 Å². The lowest BCUT2D eigenvalue weighted by atomic mass is 9.98. The number of halogens is 5. The average molecular weight is 446 g/mol. The van der Waals surface area contributed by atoms with E-state index in [1.165, 1.54) is 0 Å². The molecule has 3 nitrogen and oxygen atoms in total. The van der Waals surface area contributed by atoms with Crippen LogP contribution in [-0.2, 0) is 0 Å². The number of aromatic nitrogens is 1. The van der Waals surface area contributed by atoms with E-state index in [-0.39, 0.29) is 36.9 Å². The van der Waals surface area contributed by atoms with Gasteiger partial charge in [-0.2, -0.15) is 0 Å². The molecule has 0 radical (unpaired) electrons. The average Bonchev–Trinajstić information content (AvgIpc) is 2.89. The molecule has 0 saturated carbocycles. The number of fused-ring (bicyclic) bond motifs is 2. The maximum absolute atomic E-state index is 12.9. The Labute approximate surface area is 172 Å². The Morgan fingerprint density at radius 1 is 0.731 bits per heavy atom. The highest BCUT2D eigenvalue weighted by Gasteiger charge is 2.45. The molecular formula is C18H6Cl5NO2. The van der Waals surface area contributed by atoms with E-state index < -0.39 is 17.5 Å². The number of para-hydroxylation sites is 1. The Balaban J connectivity index is 1.94. The minimum Gasteiger partial charge on any atom is -0.293 e. The van der Waals surface area contributed by atoms with Crippen LogP contribution in [0, 0.1) is 0 Å². The first-order valence-corrected chi connectivity index (χ1v) is 9.21. The molecule has 0 aliphatic heterocycles. The van der Waals surface area contributed by atoms with Crippen LogP contribution in [0.3, 0.4) is 0 Å². The van der Waals surface area contributed by atoms with Gasteiger partial charge >= 0.3 is 0 Å². The van der Waals surface area contributed by atoms with Gasteiger partial charge in [0.25, 0.3) is 0 Å². The molecule has 1 heterocycles. The monoisotopic (exact) mass is 443 g/mol. The van der Waals surface area contributed by atoms with Crippen molar-refractivity contribution in [3.8, 4) is 0 Å². The largest absolute Gasteiger partial charge is 0.293 e. The van der Waals surface area contributed by atoms with E-state index in [1.54, 1.807) is 24.3 Å². The number of carbonyl (C=O) groups excluding carboxylic acids is 2. The summed E-state index contributed by atoms with van der Waals surface area (Å²) >= 11 is 30.6. The zero-order chi connectivity index (χ0) is 18.7. The molecule has 0 atom stereocenters. The first-order valence-electron chi connectivity index (χ1n) is 7.32. The first kappa shape index (κ1) is 18.0. The summed E-state index contributed by atoms with van der Waals surface area (Å²) in [4.78, 5) is 30.3. The van der Waals surface area contributed by atoms with Gasteiger partial charge in [-0.15, -0.1) is 0 Å². The highest BCUT2D eigenvalue weighted by molar-refractivity contribution is 6.55. The maximum atomic E-state index is 12.9. The fraction of sp³-hybridized carbons (Fsp3) is 0.0556. The number of carbonyl (C=O) groups is 2. The molecule has 0 fully saturated rings. The molecule has 3 aromatic rings. The van der Waals surface area contributed by atoms with Gasteiger partial charge in [-0.3, -0.25) is 9.59 Å². The fourth-order valence-electron chi connectivity index (χ4n) is 3.06. The molecule has 0 spiro atoms. The van der Waals surface area contributed by atoms with Gasteiger partial charge in [-0.05, 0) is 12.1 Å². The first-order chi connectivity index (χ1) is 12.3. The van der Waals surface area contributed by atoms with E-state index >= 15 is 0 Å². The number of nitrogens with zero attached hydrogens (tertiary/aromatic N) is 1. The second-order valence-corrected chi connectivity index (χ2v) is 7.63. The Bertz CT molecular complexity index is 1100. The van der Waals surface area contributed by atoms with Crippen molar-refractivity contribution in [2.75, 3.05) is 0 Å². The maximum Gasteiger partial charge on any atom is 0.182 e. The molecule has 8 heteroatoms. The summed E-state index contributed by atoms with van der Waals surface area (Å²) in [5.74, 6) is -2.21. The third-order valence-electron chi connectivity index (χ3n) is 4.27. The Morgan fingerprint density at radius 2 is 1.31 bits per heavy atom. The van der Waals surface area contributed by atoms with Gasteiger partial charge in [0.15, 0.2) is 11.6 Å². The number of benzene rings is 2. The molecule has 2 aromatic carbocycles. The molecule has 130 valence electrons. The highest BCUT2D eigenvalue weighted by Crippen LogP contribution is 2.48. The Hall–Kier alpha value is -1.36. The number of Topliss-reactive ketones (excluding diaryl/α,β-unsaturated/α-hetero) is 2. The SMILES string of the molecule is O=C1c2c(Cl)c(Cl)c(Cl)c(Cl)c2C(=O)C1c1ccc2cccc(Cl)c2n1. The number of hydrogen-bond acceptors (Lipinski definition) is 3. The Kier molecular flexibility index (Phi) is 4.41. The third kappa shape index (κ3) is 2.46. The molecule has 0 saturated heterocycles. The lowest BCUT2D eigenvalue weighted by Crippen LogP contribution is -2.14. The number of rotatable bonds is 1. The van der Waals surface area contributed by atoms with Crippen molar-refractivity contribution in [3.63, 3.8) is 0 Å². The van der Waals surface area contributed by atoms with Crippen LogP contribution in [0.25, 0.3) is 10.9 Å². The predicted octanol–water partition coefficient (Wildman–Crippen LogP) is 6.66. The summed E-state index contributed by atoms with van der Waals surface area (Å²) in [6, 6.07) is 8.66. The van der Waals surface area contributed by atoms with Crippen LogP contribution < -0.4 is 0 Å². The van der Waals surface area contributed by atoms with E-state index in [2.05, 4.69) is 4.98 Å². The smallest absolute Gasteiger partial charge is 0.182 e. The van der Waals surface area contributed by atoms with Crippen molar-refractivity contribution in [1.29, 1.82) is 0 Å². The molecule has 0 N–H and O–H groups in total. The minimum atomic E-state index is -1.17. The predicted molar refractivity (Wildman–Crippen MR) is 105 cm³/mol. The van der Waals surface area contributed by atoms with E-state index in [9.17, 15) is 9.59 Å². The molecule has 0 bridgehead atoms. The molecule has 0 amide bonds. The lowest BCUT2D eigenvalue weighted by Gasteiger charge is -2.08. The van der Waals surface area contributed by atoms with Crippen molar-refractivity contribution in [3.05, 3.63) is 72.3 Å². The van der Waals surface area contributed by atoms with Gasteiger partial charge in [0.05, 0.1) is 47.5 Å². The molecule has 1 aromatic heterocycles. The molecule has 0 unspecified atom stereocenters. The Morgan fingerprint density at radius 3 is 1.88 bits per heavy atom. The second kappa shape index (κ2) is 6.36. The van der Waals surface area contributed by atoms with Gasteiger partial charge in [0, 0.05) is 5.39 Å². The lowest BCUT2D eigenvalue weighted by molar-refractivity contribution is 0.0888. The van der Waals surface area contributed by atoms with E-state index in [0.717, 1.165) is 5.39 Å². The summed E-state index contributed by atoms with van der Waals surface area (Å²) in [6.07, 6.45) is 0. The van der Waals surface area contributed by atoms with Crippen molar-refractivity contribution < 1.29 is 9.59 Å². The van der Waals surface area contributed by atoms with Crippen LogP contribution in [0.2, 0.25) is 25.1 Å². The summed E-state index contributed by atoms with van der Waals surface area (Å²) in [7, 11) is 0. The summed E-state index contributed by atoms with van der Waals surface area (Å²) < 4.78 is 0. The normalized spacial score (nSPS) is 14.3. The third-order valence-corrected chi connectivity index (χ3v) is 6.38. The van der Waals surface area contributed by atoms with E-state index in [4.69, 9.17) is 58.0 Å². The topological polar surface area (TPSA) is 47.0 Å². The van der Waals surface area contributed by atoms with Crippen molar-refractivity contribution in [1.82, 2.24) is 4.98 Å². The van der Waals surface area contributed by atoms with Crippen LogP contribution in [-0.4, -0.2) is 16.6 Å². The number of pyridine rings is 1. The van der Waals surface area contributed by atoms with E-state index in [1.807, 2.05) is 6.07 Å². The summed E-state index contributed by atoms with van der Waals surface area (Å²) in [5.41, 5.74) is 0.705. The standard InChI is InChI=1S/C18H6Cl5NO2/c19-7-3-1-2-6-4-5-8(24-16(6)7)9-17(25)10-11(18(9)26)13(21)15(23)14(22)12(10)20/h1-5,9H. The molecular weight excluding hydrogens is 439 g/mol. The van der Waals surface area contributed by atoms with E-state index in [0.29, 0.717) is 10.5 Å². The van der Waals surface area contributed by atoms with Gasteiger partial charge in [0.1, 0.15) is 5.92 Å². The van der Waals surface area contributed by atoms with Crippen LogP contribution in [0.15, 0.2) is 30.3 Å². The van der Waals surface area contributed by atoms with Gasteiger partial charge in [-0.1, -0.05) is 76.2 Å². The zero-order valence-corrected chi connectivity index (χ0v) is 16.4. The zero-order valence-electron chi connectivity index (χ0n) is 12.6. The number of ketones is 2. The molecule has 1 aliphatic rings. The van der Waals surface area contributed by atoms with Crippen molar-refractivity contribution in [2.24, 2.45) is 0 Å². The second-order valence-electron chi connectivity index (χ2n) is 5.72. The van der Waals surface area contributed by atoms with Crippen molar-refractivity contribution in [2.45, 2.75) is 5.92 Å². The highest BCUT2D eigenvalue weighted by atomic mass is 35.5.